The topological polar surface area (TPSA) is 48.5 Å². The minimum atomic E-state index is 0.640. The minimum absolute atomic E-state index is 0.640. The zero-order valence-electron chi connectivity index (χ0n) is 25.7. The molecule has 0 radical (unpaired) electrons. The Bertz CT molecular complexity index is 2510. The molecular formula is C42H29N5. The van der Waals surface area contributed by atoms with Crippen LogP contribution in [0.2, 0.25) is 0 Å². The fraction of sp³-hybridized carbons (Fsp3) is 0.0238. The first kappa shape index (κ1) is 27.0. The lowest BCUT2D eigenvalue weighted by atomic mass is 10.1. The van der Waals surface area contributed by atoms with Gasteiger partial charge >= 0.3 is 0 Å². The lowest BCUT2D eigenvalue weighted by molar-refractivity contribution is 1.07. The zero-order valence-corrected chi connectivity index (χ0v) is 25.7. The van der Waals surface area contributed by atoms with Crippen LogP contribution in [0.5, 0.6) is 0 Å². The Morgan fingerprint density at radius 3 is 1.72 bits per heavy atom. The second-order valence-corrected chi connectivity index (χ2v) is 11.9. The molecule has 222 valence electrons. The van der Waals surface area contributed by atoms with Crippen LogP contribution < -0.4 is 0 Å². The third-order valence-electron chi connectivity index (χ3n) is 8.80. The highest BCUT2D eigenvalue weighted by atomic mass is 15.0. The number of fused-ring (bicyclic) bond motifs is 5. The first-order chi connectivity index (χ1) is 23.2. The third kappa shape index (κ3) is 4.60. The molecule has 0 aliphatic carbocycles. The summed E-state index contributed by atoms with van der Waals surface area (Å²) < 4.78 is 4.70. The maximum Gasteiger partial charge on any atom is 0.164 e. The van der Waals surface area contributed by atoms with Crippen molar-refractivity contribution >= 4 is 32.7 Å². The smallest absolute Gasteiger partial charge is 0.164 e. The number of nitrogens with zero attached hydrogens (tertiary/aromatic N) is 5. The van der Waals surface area contributed by atoms with Crippen LogP contribution in [0.15, 0.2) is 158 Å². The van der Waals surface area contributed by atoms with E-state index in [0.29, 0.717) is 17.5 Å². The molecule has 5 nitrogen and oxygen atoms in total. The van der Waals surface area contributed by atoms with Gasteiger partial charge in [0.2, 0.25) is 0 Å². The Hall–Kier alpha value is -6.33. The minimum Gasteiger partial charge on any atom is -0.315 e. The molecule has 0 N–H and O–H groups in total. The van der Waals surface area contributed by atoms with Gasteiger partial charge in [0, 0.05) is 50.4 Å². The quantitative estimate of drug-likeness (QED) is 0.197. The van der Waals surface area contributed by atoms with E-state index in [1.54, 1.807) is 0 Å². The fourth-order valence-corrected chi connectivity index (χ4v) is 6.70. The molecule has 47 heavy (non-hydrogen) atoms. The standard InChI is InChI=1S/C42H29N5/c1-28-25-32(42-44-40(30-13-5-2-6-14-30)43-41(45-42)31-15-7-3-8-16-31)27-34(26-28)47-37-20-12-11-19-35(37)36-22-21-29-23-24-46(38(29)39(36)47)33-17-9-4-10-18-33/h2-27H,1H3. The highest BCUT2D eigenvalue weighted by molar-refractivity contribution is 6.18. The predicted molar refractivity (Wildman–Crippen MR) is 192 cm³/mol. The number of rotatable bonds is 5. The molecule has 0 unspecified atom stereocenters. The number of benzene rings is 6. The van der Waals surface area contributed by atoms with Crippen molar-refractivity contribution in [2.45, 2.75) is 6.92 Å². The Balaban J connectivity index is 1.32. The van der Waals surface area contributed by atoms with Crippen LogP contribution in [0, 0.1) is 6.92 Å². The molecule has 0 aliphatic heterocycles. The van der Waals surface area contributed by atoms with Crippen LogP contribution in [0.3, 0.4) is 0 Å². The average molecular weight is 604 g/mol. The van der Waals surface area contributed by atoms with Gasteiger partial charge in [0.25, 0.3) is 0 Å². The monoisotopic (exact) mass is 603 g/mol. The summed E-state index contributed by atoms with van der Waals surface area (Å²) in [5.41, 5.74) is 9.64. The Morgan fingerprint density at radius 2 is 1.04 bits per heavy atom. The Morgan fingerprint density at radius 1 is 0.447 bits per heavy atom. The summed E-state index contributed by atoms with van der Waals surface area (Å²) in [4.78, 5) is 15.0. The normalized spacial score (nSPS) is 11.5. The summed E-state index contributed by atoms with van der Waals surface area (Å²) in [7, 11) is 0. The summed E-state index contributed by atoms with van der Waals surface area (Å²) in [6, 6.07) is 52.8. The fourth-order valence-electron chi connectivity index (χ4n) is 6.70. The summed E-state index contributed by atoms with van der Waals surface area (Å²) in [5, 5.41) is 3.62. The molecule has 9 aromatic rings. The van der Waals surface area contributed by atoms with Gasteiger partial charge in [-0.3, -0.25) is 0 Å². The van der Waals surface area contributed by atoms with Gasteiger partial charge in [-0.15, -0.1) is 0 Å². The van der Waals surface area contributed by atoms with Crippen LogP contribution in [-0.2, 0) is 0 Å². The molecule has 0 saturated heterocycles. The van der Waals surface area contributed by atoms with Gasteiger partial charge in [-0.1, -0.05) is 109 Å². The first-order valence-corrected chi connectivity index (χ1v) is 15.8. The van der Waals surface area contributed by atoms with E-state index in [1.165, 1.54) is 27.2 Å². The van der Waals surface area contributed by atoms with E-state index < -0.39 is 0 Å². The molecule has 3 heterocycles. The van der Waals surface area contributed by atoms with Gasteiger partial charge in [-0.2, -0.15) is 0 Å². The second-order valence-electron chi connectivity index (χ2n) is 11.9. The van der Waals surface area contributed by atoms with E-state index in [4.69, 9.17) is 15.0 Å². The Labute approximate surface area is 272 Å². The van der Waals surface area contributed by atoms with E-state index in [9.17, 15) is 0 Å². The summed E-state index contributed by atoms with van der Waals surface area (Å²) in [5.74, 6) is 1.94. The van der Waals surface area contributed by atoms with Crippen molar-refractivity contribution in [3.63, 3.8) is 0 Å². The van der Waals surface area contributed by atoms with Gasteiger partial charge in [-0.25, -0.2) is 15.0 Å². The molecule has 9 rings (SSSR count). The van der Waals surface area contributed by atoms with Gasteiger partial charge in [-0.05, 0) is 55.0 Å². The summed E-state index contributed by atoms with van der Waals surface area (Å²) >= 11 is 0. The number of aromatic nitrogens is 5. The van der Waals surface area contributed by atoms with E-state index in [-0.39, 0.29) is 0 Å². The van der Waals surface area contributed by atoms with Crippen molar-refractivity contribution in [2.24, 2.45) is 0 Å². The molecule has 0 aliphatic rings. The second kappa shape index (κ2) is 10.9. The number of para-hydroxylation sites is 2. The summed E-state index contributed by atoms with van der Waals surface area (Å²) in [6.45, 7) is 2.14. The first-order valence-electron chi connectivity index (χ1n) is 15.8. The number of hydrogen-bond donors (Lipinski definition) is 0. The van der Waals surface area contributed by atoms with Crippen molar-refractivity contribution in [1.29, 1.82) is 0 Å². The van der Waals surface area contributed by atoms with E-state index in [0.717, 1.165) is 39.1 Å². The number of aryl methyl sites for hydroxylation is 1. The van der Waals surface area contributed by atoms with Crippen molar-refractivity contribution in [3.8, 4) is 45.5 Å². The lowest BCUT2D eigenvalue weighted by Gasteiger charge is -2.14. The lowest BCUT2D eigenvalue weighted by Crippen LogP contribution is -2.02. The van der Waals surface area contributed by atoms with Crippen LogP contribution in [0.4, 0.5) is 0 Å². The largest absolute Gasteiger partial charge is 0.315 e. The summed E-state index contributed by atoms with van der Waals surface area (Å²) in [6.07, 6.45) is 2.17. The van der Waals surface area contributed by atoms with E-state index in [1.807, 2.05) is 60.7 Å². The van der Waals surface area contributed by atoms with Crippen LogP contribution in [0.1, 0.15) is 5.56 Å². The predicted octanol–water partition coefficient (Wildman–Crippen LogP) is 10.2. The highest BCUT2D eigenvalue weighted by Gasteiger charge is 2.19. The molecule has 6 aromatic carbocycles. The van der Waals surface area contributed by atoms with Gasteiger partial charge in [0.1, 0.15) is 0 Å². The molecule has 3 aromatic heterocycles. The SMILES string of the molecule is Cc1cc(-c2nc(-c3ccccc3)nc(-c3ccccc3)n2)cc(-n2c3ccccc3c3ccc4ccn(-c5ccccc5)c4c32)c1. The average Bonchev–Trinajstić information content (AvgIpc) is 3.72. The number of hydrogen-bond acceptors (Lipinski definition) is 3. The molecule has 0 saturated carbocycles. The molecule has 5 heteroatoms. The van der Waals surface area contributed by atoms with Crippen molar-refractivity contribution in [1.82, 2.24) is 24.1 Å². The van der Waals surface area contributed by atoms with Crippen LogP contribution in [0.25, 0.3) is 78.2 Å². The third-order valence-corrected chi connectivity index (χ3v) is 8.80. The molecule has 0 spiro atoms. The highest BCUT2D eigenvalue weighted by Crippen LogP contribution is 2.39. The van der Waals surface area contributed by atoms with E-state index >= 15 is 0 Å². The molecule has 0 bridgehead atoms. The van der Waals surface area contributed by atoms with Crippen molar-refractivity contribution in [3.05, 3.63) is 163 Å². The zero-order chi connectivity index (χ0) is 31.3. The van der Waals surface area contributed by atoms with E-state index in [2.05, 4.69) is 113 Å². The Kier molecular flexibility index (Phi) is 6.28. The van der Waals surface area contributed by atoms with Crippen molar-refractivity contribution in [2.75, 3.05) is 0 Å². The molecular weight excluding hydrogens is 574 g/mol. The molecule has 0 amide bonds. The maximum atomic E-state index is 5.05. The molecule has 0 atom stereocenters. The van der Waals surface area contributed by atoms with Crippen LogP contribution in [-0.4, -0.2) is 24.1 Å². The van der Waals surface area contributed by atoms with Gasteiger partial charge in [0.15, 0.2) is 17.5 Å². The van der Waals surface area contributed by atoms with Crippen LogP contribution >= 0.6 is 0 Å². The van der Waals surface area contributed by atoms with Gasteiger partial charge in [0.05, 0.1) is 16.6 Å². The maximum absolute atomic E-state index is 5.05. The van der Waals surface area contributed by atoms with Crippen molar-refractivity contribution < 1.29 is 0 Å². The molecule has 0 fully saturated rings. The van der Waals surface area contributed by atoms with Gasteiger partial charge < -0.3 is 9.13 Å².